The molecule has 1 heterocycles. The van der Waals surface area contributed by atoms with Crippen molar-refractivity contribution in [1.82, 2.24) is 0 Å². The average molecular weight is 408 g/mol. The van der Waals surface area contributed by atoms with Gasteiger partial charge in [-0.2, -0.15) is 5.26 Å². The van der Waals surface area contributed by atoms with Crippen molar-refractivity contribution in [2.75, 3.05) is 0 Å². The molecule has 2 saturated carbocycles. The molecule has 0 radical (unpaired) electrons. The molecule has 4 nitrogen and oxygen atoms in total. The first-order chi connectivity index (χ1) is 14.4. The number of benzene rings is 1. The normalized spacial score (nSPS) is 34.5. The Balaban J connectivity index is 1.45. The zero-order valence-corrected chi connectivity index (χ0v) is 17.3. The van der Waals surface area contributed by atoms with Crippen LogP contribution in [0.3, 0.4) is 0 Å². The minimum Gasteiger partial charge on any atom is -0.389 e. The van der Waals surface area contributed by atoms with Gasteiger partial charge in [-0.1, -0.05) is 13.0 Å². The van der Waals surface area contributed by atoms with Crippen molar-refractivity contribution >= 4 is 0 Å². The van der Waals surface area contributed by atoms with E-state index in [9.17, 15) is 20.0 Å². The van der Waals surface area contributed by atoms with E-state index in [2.05, 4.69) is 6.92 Å². The van der Waals surface area contributed by atoms with Crippen LogP contribution in [-0.4, -0.2) is 15.9 Å². The van der Waals surface area contributed by atoms with Crippen molar-refractivity contribution in [3.05, 3.63) is 64.7 Å². The first-order valence-corrected chi connectivity index (χ1v) is 11.0. The number of hydrogen-bond acceptors (Lipinski definition) is 3. The number of hydrogen-bond donors (Lipinski definition) is 2. The Bertz CT molecular complexity index is 1030. The largest absolute Gasteiger partial charge is 0.389 e. The molecule has 30 heavy (non-hydrogen) atoms. The number of aromatic nitrogens is 1. The van der Waals surface area contributed by atoms with E-state index in [0.717, 1.165) is 53.5 Å². The van der Waals surface area contributed by atoms with E-state index in [0.29, 0.717) is 30.6 Å². The van der Waals surface area contributed by atoms with Crippen LogP contribution in [-0.2, 0) is 12.8 Å². The van der Waals surface area contributed by atoms with Crippen molar-refractivity contribution in [3.63, 3.8) is 0 Å². The lowest BCUT2D eigenvalue weighted by atomic mass is 9.52. The summed E-state index contributed by atoms with van der Waals surface area (Å²) in [5.74, 6) is 0.865. The third-order valence-corrected chi connectivity index (χ3v) is 8.67. The van der Waals surface area contributed by atoms with Crippen molar-refractivity contribution in [3.8, 4) is 6.07 Å². The minimum absolute atomic E-state index is 0.148. The van der Waals surface area contributed by atoms with E-state index in [1.54, 1.807) is 18.5 Å². The van der Waals surface area contributed by atoms with E-state index in [4.69, 9.17) is 0 Å². The predicted octanol–water partition coefficient (Wildman–Crippen LogP) is 4.05. The summed E-state index contributed by atoms with van der Waals surface area (Å²) in [7, 11) is 0. The summed E-state index contributed by atoms with van der Waals surface area (Å²) >= 11 is 0. The molecule has 2 N–H and O–H groups in total. The fraction of sp³-hybridized carbons (Fsp3) is 0.520. The smallest absolute Gasteiger partial charge is 0.222 e. The molecule has 0 spiro atoms. The highest BCUT2D eigenvalue weighted by molar-refractivity contribution is 5.44. The predicted molar refractivity (Wildman–Crippen MR) is 108 cm³/mol. The molecule has 5 rings (SSSR count). The molecule has 0 bridgehead atoms. The third kappa shape index (κ3) is 2.70. The highest BCUT2D eigenvalue weighted by Gasteiger charge is 2.61. The number of halogens is 1. The van der Waals surface area contributed by atoms with Gasteiger partial charge < -0.3 is 5.11 Å². The van der Waals surface area contributed by atoms with Crippen molar-refractivity contribution < 1.29 is 19.4 Å². The van der Waals surface area contributed by atoms with Gasteiger partial charge in [-0.25, -0.2) is 4.39 Å². The van der Waals surface area contributed by atoms with Gasteiger partial charge in [-0.3, -0.25) is 5.21 Å². The summed E-state index contributed by atoms with van der Waals surface area (Å²) in [6, 6.07) is 9.32. The lowest BCUT2D eigenvalue weighted by molar-refractivity contribution is -0.904. The Morgan fingerprint density at radius 3 is 2.67 bits per heavy atom. The van der Waals surface area contributed by atoms with Gasteiger partial charge >= 0.3 is 0 Å². The Kier molecular flexibility index (Phi) is 4.41. The van der Waals surface area contributed by atoms with Gasteiger partial charge in [0.15, 0.2) is 0 Å². The van der Waals surface area contributed by atoms with E-state index < -0.39 is 5.60 Å². The quantitative estimate of drug-likeness (QED) is 0.583. The summed E-state index contributed by atoms with van der Waals surface area (Å²) in [4.78, 5) is 0. The van der Waals surface area contributed by atoms with E-state index in [-0.39, 0.29) is 16.8 Å². The Morgan fingerprint density at radius 2 is 1.93 bits per heavy atom. The second-order valence-corrected chi connectivity index (χ2v) is 9.81. The molecule has 2 aromatic rings. The van der Waals surface area contributed by atoms with E-state index >= 15 is 0 Å². The summed E-state index contributed by atoms with van der Waals surface area (Å²) in [6.07, 6.45) is 9.05. The lowest BCUT2D eigenvalue weighted by Crippen LogP contribution is -2.52. The molecule has 3 aliphatic rings. The molecule has 1 aromatic heterocycles. The first-order valence-electron chi connectivity index (χ1n) is 11.0. The Hall–Kier alpha value is -2.45. The summed E-state index contributed by atoms with van der Waals surface area (Å²) in [6.45, 7) is 2.25. The second-order valence-electron chi connectivity index (χ2n) is 9.81. The number of rotatable bonds is 2. The minimum atomic E-state index is -0.763. The molecular weight excluding hydrogens is 379 g/mol. The van der Waals surface area contributed by atoms with Crippen LogP contribution in [0.25, 0.3) is 0 Å². The van der Waals surface area contributed by atoms with Crippen LogP contribution in [0.5, 0.6) is 0 Å². The molecular formula is C25H28FN2O2+. The Morgan fingerprint density at radius 1 is 1.17 bits per heavy atom. The van der Waals surface area contributed by atoms with Crippen molar-refractivity contribution in [2.45, 2.75) is 63.4 Å². The first kappa shape index (κ1) is 19.5. The van der Waals surface area contributed by atoms with Crippen LogP contribution in [0.4, 0.5) is 4.39 Å². The van der Waals surface area contributed by atoms with Gasteiger partial charge in [-0.05, 0) is 84.5 Å². The monoisotopic (exact) mass is 407 g/mol. The molecule has 0 amide bonds. The van der Waals surface area contributed by atoms with Crippen LogP contribution in [0.15, 0.2) is 36.7 Å². The lowest BCUT2D eigenvalue weighted by Gasteiger charge is -2.53. The van der Waals surface area contributed by atoms with Crippen LogP contribution < -0.4 is 4.73 Å². The summed E-state index contributed by atoms with van der Waals surface area (Å²) in [5.41, 5.74) is 2.09. The van der Waals surface area contributed by atoms with Crippen molar-refractivity contribution in [2.24, 2.45) is 17.3 Å². The average Bonchev–Trinajstić information content (AvgIpc) is 3.00. The molecule has 156 valence electrons. The molecule has 0 saturated heterocycles. The SMILES string of the molecule is C[C@]12CCC3c4ccc(C#N)c(F)c4CCC3C1CC[C@@]2(O)Cc1cc[n+](O)cc1. The zero-order valence-electron chi connectivity index (χ0n) is 17.3. The van der Waals surface area contributed by atoms with Crippen LogP contribution >= 0.6 is 0 Å². The van der Waals surface area contributed by atoms with Crippen molar-refractivity contribution in [1.29, 1.82) is 5.26 Å². The summed E-state index contributed by atoms with van der Waals surface area (Å²) in [5, 5.41) is 30.5. The zero-order chi connectivity index (χ0) is 21.1. The Labute approximate surface area is 176 Å². The molecule has 2 fully saturated rings. The van der Waals surface area contributed by atoms with Gasteiger partial charge in [0.25, 0.3) is 0 Å². The number of pyridine rings is 1. The van der Waals surface area contributed by atoms with Crippen LogP contribution in [0, 0.1) is 34.4 Å². The number of fused-ring (bicyclic) bond motifs is 5. The van der Waals surface area contributed by atoms with Gasteiger partial charge in [0.1, 0.15) is 11.9 Å². The molecule has 3 unspecified atom stereocenters. The molecule has 5 atom stereocenters. The van der Waals surface area contributed by atoms with Gasteiger partial charge in [-0.15, -0.1) is 0 Å². The second kappa shape index (κ2) is 6.78. The van der Waals surface area contributed by atoms with Crippen LogP contribution in [0.2, 0.25) is 0 Å². The van der Waals surface area contributed by atoms with E-state index in [1.807, 2.05) is 24.3 Å². The van der Waals surface area contributed by atoms with Gasteiger partial charge in [0, 0.05) is 23.3 Å². The fourth-order valence-corrected chi connectivity index (χ4v) is 7.02. The maximum absolute atomic E-state index is 14.8. The standard InChI is InChI=1S/C25H28FN2O2/c1-24-10-6-19-18-3-2-17(15-27)23(26)21(18)5-4-20(19)22(24)7-11-25(24,29)14-16-8-12-28(30)13-9-16/h2-3,8-9,12-13,19-20,22,29-30H,4-7,10-11,14H2,1H3/q+1/t19?,20?,22?,24-,25+/m0/s1. The molecule has 0 aliphatic heterocycles. The highest BCUT2D eigenvalue weighted by Crippen LogP contribution is 2.64. The van der Waals surface area contributed by atoms with Gasteiger partial charge in [0.05, 0.1) is 11.2 Å². The van der Waals surface area contributed by atoms with Gasteiger partial charge in [0.2, 0.25) is 12.4 Å². The van der Waals surface area contributed by atoms with E-state index in [1.165, 1.54) is 0 Å². The third-order valence-electron chi connectivity index (χ3n) is 8.67. The number of nitriles is 1. The topological polar surface area (TPSA) is 68.1 Å². The molecule has 3 aliphatic carbocycles. The maximum Gasteiger partial charge on any atom is 0.222 e. The summed E-state index contributed by atoms with van der Waals surface area (Å²) < 4.78 is 15.8. The maximum atomic E-state index is 14.8. The highest BCUT2D eigenvalue weighted by atomic mass is 19.1. The molecule has 1 aromatic carbocycles. The molecule has 5 heteroatoms. The van der Waals surface area contributed by atoms with Crippen LogP contribution in [0.1, 0.15) is 67.2 Å². The number of aliphatic hydroxyl groups is 1. The number of nitrogens with zero attached hydrogens (tertiary/aromatic N) is 2. The fourth-order valence-electron chi connectivity index (χ4n) is 7.02.